The number of ether oxygens (including phenoxy) is 1. The summed E-state index contributed by atoms with van der Waals surface area (Å²) in [5, 5.41) is 5.50. The molecule has 3 rings (SSSR count). The molecule has 0 amide bonds. The Hall–Kier alpha value is -1.59. The first kappa shape index (κ1) is 12.4. The molecule has 1 aliphatic heterocycles. The summed E-state index contributed by atoms with van der Waals surface area (Å²) in [5.41, 5.74) is 4.08. The molecule has 2 heterocycles. The van der Waals surface area contributed by atoms with E-state index in [2.05, 4.69) is 27.6 Å². The smallest absolute Gasteiger partial charge is 0.142 e. The van der Waals surface area contributed by atoms with Crippen molar-refractivity contribution in [1.29, 1.82) is 0 Å². The number of anilines is 1. The van der Waals surface area contributed by atoms with Crippen LogP contribution in [0.2, 0.25) is 0 Å². The Labute approximate surface area is 117 Å². The second-order valence-electron chi connectivity index (χ2n) is 4.79. The summed E-state index contributed by atoms with van der Waals surface area (Å²) in [6.07, 6.45) is 0.179. The van der Waals surface area contributed by atoms with E-state index in [9.17, 15) is 0 Å². The molecule has 5 heteroatoms. The van der Waals surface area contributed by atoms with Crippen LogP contribution in [0, 0.1) is 0 Å². The van der Waals surface area contributed by atoms with Crippen LogP contribution in [0.15, 0.2) is 35.2 Å². The van der Waals surface area contributed by atoms with Gasteiger partial charge >= 0.3 is 0 Å². The Bertz CT molecular complexity index is 529. The molecule has 100 valence electrons. The second-order valence-corrected chi connectivity index (χ2v) is 5.51. The van der Waals surface area contributed by atoms with Crippen molar-refractivity contribution in [3.8, 4) is 5.75 Å². The molecule has 4 nitrogen and oxygen atoms in total. The third-order valence-corrected chi connectivity index (χ3v) is 3.77. The van der Waals surface area contributed by atoms with Crippen LogP contribution in [0.1, 0.15) is 5.69 Å². The number of thiazole rings is 1. The van der Waals surface area contributed by atoms with Gasteiger partial charge in [-0.2, -0.15) is 0 Å². The predicted molar refractivity (Wildman–Crippen MR) is 77.8 cm³/mol. The molecule has 1 aliphatic rings. The number of fused-ring (bicyclic) bond motifs is 1. The van der Waals surface area contributed by atoms with Crippen molar-refractivity contribution in [2.45, 2.75) is 12.6 Å². The quantitative estimate of drug-likeness (QED) is 0.930. The molecular weight excluding hydrogens is 258 g/mol. The average molecular weight is 275 g/mol. The van der Waals surface area contributed by atoms with E-state index in [-0.39, 0.29) is 6.10 Å². The lowest BCUT2D eigenvalue weighted by Crippen LogP contribution is -2.40. The number of hydrogen-bond donors (Lipinski definition) is 1. The lowest BCUT2D eigenvalue weighted by atomic mass is 10.2. The number of likely N-dealkylation sites (N-methyl/N-ethyl adjacent to an activating group) is 1. The van der Waals surface area contributed by atoms with Crippen molar-refractivity contribution in [2.24, 2.45) is 0 Å². The third kappa shape index (κ3) is 3.05. The van der Waals surface area contributed by atoms with Crippen molar-refractivity contribution in [3.05, 3.63) is 40.8 Å². The van der Waals surface area contributed by atoms with Gasteiger partial charge in [-0.25, -0.2) is 4.98 Å². The molecule has 0 bridgehead atoms. The average Bonchev–Trinajstić information content (AvgIpc) is 2.91. The molecule has 0 spiro atoms. The van der Waals surface area contributed by atoms with Crippen LogP contribution in [-0.2, 0) is 6.54 Å². The van der Waals surface area contributed by atoms with Gasteiger partial charge < -0.3 is 10.1 Å². The van der Waals surface area contributed by atoms with Gasteiger partial charge in [0.25, 0.3) is 0 Å². The SMILES string of the molecule is CN(Cc1cscn1)CC1CNc2ccccc2O1. The minimum Gasteiger partial charge on any atom is -0.485 e. The van der Waals surface area contributed by atoms with Crippen LogP contribution in [0.3, 0.4) is 0 Å². The summed E-state index contributed by atoms with van der Waals surface area (Å²) < 4.78 is 6.00. The molecule has 0 fully saturated rings. The van der Waals surface area contributed by atoms with Crippen LogP contribution in [0.5, 0.6) is 5.75 Å². The molecule has 0 aliphatic carbocycles. The van der Waals surface area contributed by atoms with Crippen LogP contribution in [0.25, 0.3) is 0 Å². The summed E-state index contributed by atoms with van der Waals surface area (Å²) in [6, 6.07) is 8.07. The van der Waals surface area contributed by atoms with Crippen LogP contribution >= 0.6 is 11.3 Å². The lowest BCUT2D eigenvalue weighted by Gasteiger charge is -2.30. The van der Waals surface area contributed by atoms with Gasteiger partial charge in [-0.15, -0.1) is 11.3 Å². The molecule has 1 aromatic carbocycles. The van der Waals surface area contributed by atoms with E-state index in [0.717, 1.165) is 36.8 Å². The molecule has 19 heavy (non-hydrogen) atoms. The Morgan fingerprint density at radius 2 is 2.37 bits per heavy atom. The van der Waals surface area contributed by atoms with Crippen molar-refractivity contribution in [3.63, 3.8) is 0 Å². The highest BCUT2D eigenvalue weighted by molar-refractivity contribution is 7.07. The van der Waals surface area contributed by atoms with E-state index >= 15 is 0 Å². The standard InChI is InChI=1S/C14H17N3OS/c1-17(7-11-9-19-10-16-11)8-12-6-15-13-4-2-3-5-14(13)18-12/h2-5,9-10,12,15H,6-8H2,1H3. The Morgan fingerprint density at radius 1 is 1.47 bits per heavy atom. The molecular formula is C14H17N3OS. The zero-order chi connectivity index (χ0) is 13.1. The zero-order valence-corrected chi connectivity index (χ0v) is 11.7. The van der Waals surface area contributed by atoms with Gasteiger partial charge in [0.2, 0.25) is 0 Å². The number of benzene rings is 1. The normalized spacial score (nSPS) is 17.7. The van der Waals surface area contributed by atoms with E-state index < -0.39 is 0 Å². The lowest BCUT2D eigenvalue weighted by molar-refractivity contribution is 0.147. The molecule has 1 aromatic heterocycles. The van der Waals surface area contributed by atoms with Crippen LogP contribution in [0.4, 0.5) is 5.69 Å². The summed E-state index contributed by atoms with van der Waals surface area (Å²) >= 11 is 1.64. The van der Waals surface area contributed by atoms with Gasteiger partial charge in [0.05, 0.1) is 23.4 Å². The number of aromatic nitrogens is 1. The number of para-hydroxylation sites is 2. The van der Waals surface area contributed by atoms with E-state index in [0.29, 0.717) is 0 Å². The second kappa shape index (κ2) is 5.59. The van der Waals surface area contributed by atoms with E-state index in [1.54, 1.807) is 11.3 Å². The molecule has 1 unspecified atom stereocenters. The fourth-order valence-corrected chi connectivity index (χ4v) is 2.82. The molecule has 2 aromatic rings. The predicted octanol–water partition coefficient (Wildman–Crippen LogP) is 2.45. The fraction of sp³-hybridized carbons (Fsp3) is 0.357. The van der Waals surface area contributed by atoms with Crippen molar-refractivity contribution < 1.29 is 4.74 Å². The maximum absolute atomic E-state index is 6.00. The van der Waals surface area contributed by atoms with Crippen molar-refractivity contribution in [1.82, 2.24) is 9.88 Å². The van der Waals surface area contributed by atoms with Crippen molar-refractivity contribution in [2.75, 3.05) is 25.5 Å². The number of nitrogens with one attached hydrogen (secondary N) is 1. The topological polar surface area (TPSA) is 37.4 Å². The molecule has 0 radical (unpaired) electrons. The monoisotopic (exact) mass is 275 g/mol. The Balaban J connectivity index is 1.57. The van der Waals surface area contributed by atoms with Crippen LogP contribution < -0.4 is 10.1 Å². The first-order valence-electron chi connectivity index (χ1n) is 6.36. The Morgan fingerprint density at radius 3 is 3.21 bits per heavy atom. The van der Waals surface area contributed by atoms with E-state index in [1.165, 1.54) is 0 Å². The summed E-state index contributed by atoms with van der Waals surface area (Å²) in [6.45, 7) is 2.60. The van der Waals surface area contributed by atoms with Gasteiger partial charge in [-0.05, 0) is 19.2 Å². The van der Waals surface area contributed by atoms with Gasteiger partial charge in [0, 0.05) is 18.5 Å². The number of hydrogen-bond acceptors (Lipinski definition) is 5. The highest BCUT2D eigenvalue weighted by Crippen LogP contribution is 2.28. The maximum Gasteiger partial charge on any atom is 0.142 e. The highest BCUT2D eigenvalue weighted by Gasteiger charge is 2.20. The fourth-order valence-electron chi connectivity index (χ4n) is 2.27. The summed E-state index contributed by atoms with van der Waals surface area (Å²) in [4.78, 5) is 6.55. The maximum atomic E-state index is 6.00. The van der Waals surface area contributed by atoms with E-state index in [4.69, 9.17) is 4.74 Å². The highest BCUT2D eigenvalue weighted by atomic mass is 32.1. The molecule has 0 saturated heterocycles. The molecule has 1 atom stereocenters. The van der Waals surface area contributed by atoms with Gasteiger partial charge in [-0.1, -0.05) is 12.1 Å². The van der Waals surface area contributed by atoms with Gasteiger partial charge in [-0.3, -0.25) is 4.90 Å². The summed E-state index contributed by atoms with van der Waals surface area (Å²) in [5.74, 6) is 0.945. The summed E-state index contributed by atoms with van der Waals surface area (Å²) in [7, 11) is 2.10. The van der Waals surface area contributed by atoms with Gasteiger partial charge in [0.15, 0.2) is 0 Å². The van der Waals surface area contributed by atoms with Crippen molar-refractivity contribution >= 4 is 17.0 Å². The van der Waals surface area contributed by atoms with Gasteiger partial charge in [0.1, 0.15) is 11.9 Å². The number of rotatable bonds is 4. The first-order chi connectivity index (χ1) is 9.31. The largest absolute Gasteiger partial charge is 0.485 e. The first-order valence-corrected chi connectivity index (χ1v) is 7.31. The van der Waals surface area contributed by atoms with Crippen LogP contribution in [-0.4, -0.2) is 36.1 Å². The zero-order valence-electron chi connectivity index (χ0n) is 10.9. The molecule has 1 N–H and O–H groups in total. The third-order valence-electron chi connectivity index (χ3n) is 3.13. The number of nitrogens with zero attached hydrogens (tertiary/aromatic N) is 2. The Kier molecular flexibility index (Phi) is 3.66. The minimum atomic E-state index is 0.179. The minimum absolute atomic E-state index is 0.179. The van der Waals surface area contributed by atoms with E-state index in [1.807, 2.05) is 29.8 Å². The molecule has 0 saturated carbocycles.